The topological polar surface area (TPSA) is 120 Å². The number of ketones is 1. The summed E-state index contributed by atoms with van der Waals surface area (Å²) < 4.78 is 47.1. The zero-order valence-electron chi connectivity index (χ0n) is 20.4. The Kier molecular flexibility index (Phi) is 9.82. The molecule has 1 unspecified atom stereocenters. The summed E-state index contributed by atoms with van der Waals surface area (Å²) in [6.07, 6.45) is 7.84. The van der Waals surface area contributed by atoms with Gasteiger partial charge in [0.2, 0.25) is 0 Å². The highest BCUT2D eigenvalue weighted by atomic mass is 32.2. The van der Waals surface area contributed by atoms with Crippen LogP contribution in [0.3, 0.4) is 0 Å². The van der Waals surface area contributed by atoms with Crippen LogP contribution >= 0.6 is 18.9 Å². The van der Waals surface area contributed by atoms with Crippen molar-refractivity contribution in [2.75, 3.05) is 19.5 Å². The SMILES string of the molecule is CCOP(=O)(OCC)C(O)c1cnc(CC(=O)[C@H](CC2CCCC2)c2ccc(S(C)(=O)=O)cc2)s1. The Bertz CT molecular complexity index is 1130. The first-order valence-electron chi connectivity index (χ1n) is 11.9. The number of hydrogen-bond donors (Lipinski definition) is 1. The molecular formula is C24H34NO7PS2. The lowest BCUT2D eigenvalue weighted by Gasteiger charge is -2.21. The summed E-state index contributed by atoms with van der Waals surface area (Å²) in [5.41, 5.74) is 0.795. The summed E-state index contributed by atoms with van der Waals surface area (Å²) in [7, 11) is -7.09. The molecule has 1 heterocycles. The summed E-state index contributed by atoms with van der Waals surface area (Å²) in [6, 6.07) is 6.56. The molecular weight excluding hydrogens is 509 g/mol. The zero-order chi connectivity index (χ0) is 25.6. The van der Waals surface area contributed by atoms with Crippen molar-refractivity contribution in [3.63, 3.8) is 0 Å². The van der Waals surface area contributed by atoms with E-state index in [1.165, 1.54) is 6.20 Å². The van der Waals surface area contributed by atoms with E-state index in [1.54, 1.807) is 38.1 Å². The van der Waals surface area contributed by atoms with Gasteiger partial charge >= 0.3 is 7.60 Å². The predicted molar refractivity (Wildman–Crippen MR) is 136 cm³/mol. The van der Waals surface area contributed by atoms with Gasteiger partial charge in [0.15, 0.2) is 15.7 Å². The van der Waals surface area contributed by atoms with Crippen LogP contribution in [0.2, 0.25) is 0 Å². The van der Waals surface area contributed by atoms with E-state index in [-0.39, 0.29) is 36.2 Å². The van der Waals surface area contributed by atoms with Crippen LogP contribution in [0.5, 0.6) is 0 Å². The molecule has 0 amide bonds. The van der Waals surface area contributed by atoms with Gasteiger partial charge < -0.3 is 14.2 Å². The fourth-order valence-corrected chi connectivity index (χ4v) is 7.91. The molecule has 0 spiro atoms. The Morgan fingerprint density at radius 2 is 1.77 bits per heavy atom. The van der Waals surface area contributed by atoms with Crippen molar-refractivity contribution in [2.45, 2.75) is 69.0 Å². The highest BCUT2D eigenvalue weighted by molar-refractivity contribution is 7.90. The Morgan fingerprint density at radius 1 is 1.17 bits per heavy atom. The number of rotatable bonds is 13. The predicted octanol–water partition coefficient (Wildman–Crippen LogP) is 5.28. The minimum absolute atomic E-state index is 0.0165. The Morgan fingerprint density at radius 3 is 2.31 bits per heavy atom. The van der Waals surface area contributed by atoms with Crippen LogP contribution in [-0.2, 0) is 34.7 Å². The first kappa shape index (κ1) is 28.2. The summed E-state index contributed by atoms with van der Waals surface area (Å²) >= 11 is 1.12. The second-order valence-electron chi connectivity index (χ2n) is 8.83. The third-order valence-corrected chi connectivity index (χ3v) is 10.7. The standard InChI is InChI=1S/C24H34NO7PS2/c1-4-31-33(28,32-5-2)24(27)22-16-25-23(34-22)15-21(26)20(14-17-8-6-7-9-17)18-10-12-19(13-11-18)35(3,29)30/h10-13,16-17,20,24,27H,4-9,14-15H2,1-3H3/t20-,24?/m1/s1. The summed E-state index contributed by atoms with van der Waals surface area (Å²) in [5, 5.41) is 11.1. The molecule has 1 fully saturated rings. The zero-order valence-corrected chi connectivity index (χ0v) is 22.9. The van der Waals surface area contributed by atoms with Crippen LogP contribution in [0.25, 0.3) is 0 Å². The van der Waals surface area contributed by atoms with Crippen LogP contribution < -0.4 is 0 Å². The van der Waals surface area contributed by atoms with Crippen molar-refractivity contribution in [3.8, 4) is 0 Å². The van der Waals surface area contributed by atoms with Gasteiger partial charge in [-0.25, -0.2) is 13.4 Å². The number of aliphatic hydroxyl groups excluding tert-OH is 1. The number of aliphatic hydroxyl groups is 1. The molecule has 1 aliphatic rings. The van der Waals surface area contributed by atoms with E-state index in [0.717, 1.165) is 48.8 Å². The molecule has 11 heteroatoms. The van der Waals surface area contributed by atoms with Crippen molar-refractivity contribution < 1.29 is 31.9 Å². The van der Waals surface area contributed by atoms with Gasteiger partial charge in [0, 0.05) is 18.4 Å². The molecule has 8 nitrogen and oxygen atoms in total. The largest absolute Gasteiger partial charge is 0.375 e. The Labute approximate surface area is 211 Å². The minimum atomic E-state index is -3.77. The molecule has 2 atom stereocenters. The molecule has 1 saturated carbocycles. The number of benzene rings is 1. The molecule has 3 rings (SSSR count). The van der Waals surface area contributed by atoms with Crippen molar-refractivity contribution in [2.24, 2.45) is 5.92 Å². The van der Waals surface area contributed by atoms with E-state index >= 15 is 0 Å². The highest BCUT2D eigenvalue weighted by Gasteiger charge is 2.37. The Balaban J connectivity index is 1.80. The molecule has 1 aliphatic carbocycles. The van der Waals surface area contributed by atoms with E-state index in [1.807, 2.05) is 0 Å². The number of Topliss-reactive ketones (excluding diaryl/α,β-unsaturated/α-hetero) is 1. The van der Waals surface area contributed by atoms with Gasteiger partial charge in [0.05, 0.1) is 29.4 Å². The maximum absolute atomic E-state index is 13.4. The fraction of sp³-hybridized carbons (Fsp3) is 0.583. The number of nitrogens with zero attached hydrogens (tertiary/aromatic N) is 1. The van der Waals surface area contributed by atoms with E-state index in [9.17, 15) is 22.9 Å². The van der Waals surface area contributed by atoms with Crippen molar-refractivity contribution in [1.82, 2.24) is 4.98 Å². The smallest absolute Gasteiger partial charge is 0.364 e. The molecule has 0 aliphatic heterocycles. The fourth-order valence-electron chi connectivity index (χ4n) is 4.47. The van der Waals surface area contributed by atoms with Crippen molar-refractivity contribution >= 4 is 34.6 Å². The van der Waals surface area contributed by atoms with E-state index in [2.05, 4.69) is 4.98 Å². The number of thiazole rings is 1. The second kappa shape index (κ2) is 12.2. The van der Waals surface area contributed by atoms with E-state index in [4.69, 9.17) is 9.05 Å². The van der Waals surface area contributed by atoms with Gasteiger partial charge in [-0.15, -0.1) is 11.3 Å². The molecule has 1 aromatic heterocycles. The summed E-state index contributed by atoms with van der Waals surface area (Å²) in [6.45, 7) is 3.59. The number of sulfone groups is 1. The van der Waals surface area contributed by atoms with Gasteiger partial charge in [0.25, 0.3) is 0 Å². The number of aromatic nitrogens is 1. The average Bonchev–Trinajstić information content (AvgIpc) is 3.49. The summed E-state index contributed by atoms with van der Waals surface area (Å²) in [5.74, 6) is -1.41. The van der Waals surface area contributed by atoms with Crippen LogP contribution in [-0.4, -0.2) is 43.8 Å². The number of carbonyl (C=O) groups excluding carboxylic acids is 1. The first-order chi connectivity index (χ1) is 16.6. The average molecular weight is 544 g/mol. The molecule has 1 aromatic carbocycles. The normalized spacial score (nSPS) is 16.9. The molecule has 0 saturated heterocycles. The molecule has 0 bridgehead atoms. The lowest BCUT2D eigenvalue weighted by Crippen LogP contribution is -2.18. The lowest BCUT2D eigenvalue weighted by molar-refractivity contribution is -0.120. The minimum Gasteiger partial charge on any atom is -0.375 e. The second-order valence-corrected chi connectivity index (χ2v) is 14.1. The van der Waals surface area contributed by atoms with E-state index in [0.29, 0.717) is 22.2 Å². The molecule has 1 N–H and O–H groups in total. The number of hydrogen-bond acceptors (Lipinski definition) is 9. The number of carbonyl (C=O) groups is 1. The molecule has 194 valence electrons. The van der Waals surface area contributed by atoms with Gasteiger partial charge in [-0.1, -0.05) is 37.8 Å². The van der Waals surface area contributed by atoms with Gasteiger partial charge in [-0.05, 0) is 43.9 Å². The maximum Gasteiger partial charge on any atom is 0.364 e. The molecule has 2 aromatic rings. The molecule has 0 radical (unpaired) electrons. The van der Waals surface area contributed by atoms with E-state index < -0.39 is 23.3 Å². The van der Waals surface area contributed by atoms with Crippen LogP contribution in [0, 0.1) is 5.92 Å². The third kappa shape index (κ3) is 7.31. The van der Waals surface area contributed by atoms with Gasteiger partial charge in [-0.3, -0.25) is 9.36 Å². The molecule has 35 heavy (non-hydrogen) atoms. The van der Waals surface area contributed by atoms with Crippen molar-refractivity contribution in [1.29, 1.82) is 0 Å². The van der Waals surface area contributed by atoms with Crippen LogP contribution in [0.1, 0.15) is 73.2 Å². The van der Waals surface area contributed by atoms with Crippen molar-refractivity contribution in [3.05, 3.63) is 45.9 Å². The summed E-state index contributed by atoms with van der Waals surface area (Å²) in [4.78, 5) is 18.3. The van der Waals surface area contributed by atoms with Crippen LogP contribution in [0.4, 0.5) is 0 Å². The quantitative estimate of drug-likeness (QED) is 0.339. The van der Waals surface area contributed by atoms with Gasteiger partial charge in [-0.2, -0.15) is 0 Å². The lowest BCUT2D eigenvalue weighted by atomic mass is 9.84. The monoisotopic (exact) mass is 543 g/mol. The third-order valence-electron chi connectivity index (χ3n) is 6.21. The highest BCUT2D eigenvalue weighted by Crippen LogP contribution is 2.60. The first-order valence-corrected chi connectivity index (χ1v) is 16.2. The Hall–Kier alpha value is -1.42. The maximum atomic E-state index is 13.4. The van der Waals surface area contributed by atoms with Gasteiger partial charge in [0.1, 0.15) is 10.8 Å². The van der Waals surface area contributed by atoms with Crippen LogP contribution in [0.15, 0.2) is 35.4 Å².